The lowest BCUT2D eigenvalue weighted by atomic mass is 9.85. The smallest absolute Gasteiger partial charge is 0.405 e. The first-order chi connectivity index (χ1) is 18.0. The van der Waals surface area contributed by atoms with Crippen molar-refractivity contribution in [2.75, 3.05) is 30.3 Å². The van der Waals surface area contributed by atoms with Crippen LogP contribution in [0.2, 0.25) is 0 Å². The normalized spacial score (nSPS) is 17.4. The van der Waals surface area contributed by atoms with Crippen molar-refractivity contribution in [3.05, 3.63) is 41.6 Å². The number of alkyl halides is 3. The first-order valence-electron chi connectivity index (χ1n) is 11.9. The van der Waals surface area contributed by atoms with Gasteiger partial charge in [-0.05, 0) is 37.7 Å². The molecule has 0 atom stereocenters. The van der Waals surface area contributed by atoms with E-state index >= 15 is 0 Å². The summed E-state index contributed by atoms with van der Waals surface area (Å²) in [5.41, 5.74) is 11.1. The molecule has 1 aromatic heterocycles. The number of nitriles is 1. The van der Waals surface area contributed by atoms with E-state index in [1.165, 1.54) is 24.4 Å². The molecule has 0 bridgehead atoms. The van der Waals surface area contributed by atoms with Gasteiger partial charge in [-0.15, -0.1) is 13.2 Å². The molecule has 1 aromatic carbocycles. The quantitative estimate of drug-likeness (QED) is 0.318. The van der Waals surface area contributed by atoms with E-state index in [9.17, 15) is 28.0 Å². The highest BCUT2D eigenvalue weighted by atomic mass is 19.4. The van der Waals surface area contributed by atoms with Gasteiger partial charge in [0.2, 0.25) is 17.8 Å². The Kier molecular flexibility index (Phi) is 9.66. The molecule has 0 radical (unpaired) electrons. The molecule has 0 unspecified atom stereocenters. The van der Waals surface area contributed by atoms with Gasteiger partial charge < -0.3 is 26.8 Å². The lowest BCUT2D eigenvalue weighted by Crippen LogP contribution is -2.47. The molecule has 0 spiro atoms. The highest BCUT2D eigenvalue weighted by molar-refractivity contribution is 5.79. The van der Waals surface area contributed by atoms with Crippen molar-refractivity contribution in [2.45, 2.75) is 44.6 Å². The van der Waals surface area contributed by atoms with Crippen LogP contribution in [0.5, 0.6) is 5.75 Å². The number of benzene rings is 1. The van der Waals surface area contributed by atoms with Crippen LogP contribution >= 0.6 is 0 Å². The van der Waals surface area contributed by atoms with Gasteiger partial charge >= 0.3 is 6.36 Å². The minimum atomic E-state index is -4.82. The Bertz CT molecular complexity index is 1150. The number of nitrogens with one attached hydrogen (secondary N) is 2. The number of carbonyl (C=O) groups is 2. The van der Waals surface area contributed by atoms with Gasteiger partial charge in [0.15, 0.2) is 0 Å². The number of carbonyl (C=O) groups excluding carboxylic acids is 2. The molecule has 1 aliphatic rings. The van der Waals surface area contributed by atoms with Gasteiger partial charge in [0, 0.05) is 24.7 Å². The van der Waals surface area contributed by atoms with Gasteiger partial charge in [0.1, 0.15) is 23.2 Å². The topological polar surface area (TPSA) is 172 Å². The summed E-state index contributed by atoms with van der Waals surface area (Å²) in [7, 11) is 0. The third-order valence-electron chi connectivity index (χ3n) is 6.15. The number of hydrogen-bond donors (Lipinski definition) is 4. The Morgan fingerprint density at radius 1 is 1.11 bits per heavy atom. The lowest BCUT2D eigenvalue weighted by molar-refractivity contribution is -0.274. The summed E-state index contributed by atoms with van der Waals surface area (Å²) in [5.74, 6) is -0.700. The molecule has 1 heterocycles. The van der Waals surface area contributed by atoms with Crippen LogP contribution in [0.1, 0.15) is 36.8 Å². The summed E-state index contributed by atoms with van der Waals surface area (Å²) in [6.45, 7) is 0.414. The minimum Gasteiger partial charge on any atom is -0.405 e. The molecule has 204 valence electrons. The number of nitrogens with zero attached hydrogens (tertiary/aromatic N) is 4. The van der Waals surface area contributed by atoms with Crippen LogP contribution in [0.3, 0.4) is 0 Å². The molecular weight excluding hydrogens is 505 g/mol. The van der Waals surface area contributed by atoms with Crippen LogP contribution in [-0.2, 0) is 16.1 Å². The van der Waals surface area contributed by atoms with Gasteiger partial charge in [0.25, 0.3) is 0 Å². The molecule has 1 aliphatic carbocycles. The summed E-state index contributed by atoms with van der Waals surface area (Å²) in [4.78, 5) is 32.8. The van der Waals surface area contributed by atoms with Gasteiger partial charge in [0.05, 0.1) is 19.3 Å². The van der Waals surface area contributed by atoms with Crippen molar-refractivity contribution in [3.63, 3.8) is 0 Å². The summed E-state index contributed by atoms with van der Waals surface area (Å²) in [5, 5.41) is 15.5. The van der Waals surface area contributed by atoms with Gasteiger partial charge in [-0.2, -0.15) is 10.2 Å². The van der Waals surface area contributed by atoms with Gasteiger partial charge in [-0.3, -0.25) is 14.5 Å². The zero-order chi connectivity index (χ0) is 27.7. The first kappa shape index (κ1) is 28.5. The van der Waals surface area contributed by atoms with Crippen molar-refractivity contribution in [1.82, 2.24) is 14.9 Å². The average Bonchev–Trinajstić information content (AvgIpc) is 2.85. The molecule has 38 heavy (non-hydrogen) atoms. The molecule has 0 aliphatic heterocycles. The Morgan fingerprint density at radius 3 is 2.37 bits per heavy atom. The van der Waals surface area contributed by atoms with Gasteiger partial charge in [-0.1, -0.05) is 18.2 Å². The van der Waals surface area contributed by atoms with E-state index in [2.05, 4.69) is 25.3 Å². The van der Waals surface area contributed by atoms with Crippen LogP contribution in [0, 0.1) is 17.2 Å². The molecule has 2 amide bonds. The molecule has 6 N–H and O–H groups in total. The number of amides is 2. The van der Waals surface area contributed by atoms with Crippen LogP contribution in [0.15, 0.2) is 30.5 Å². The van der Waals surface area contributed by atoms with Crippen molar-refractivity contribution in [3.8, 4) is 11.8 Å². The molecule has 3 rings (SSSR count). The van der Waals surface area contributed by atoms with Crippen LogP contribution < -0.4 is 26.8 Å². The van der Waals surface area contributed by atoms with E-state index in [4.69, 9.17) is 11.5 Å². The average molecular weight is 535 g/mol. The summed E-state index contributed by atoms with van der Waals surface area (Å²) >= 11 is 0. The minimum absolute atomic E-state index is 0.0139. The van der Waals surface area contributed by atoms with E-state index in [1.807, 2.05) is 6.07 Å². The largest absolute Gasteiger partial charge is 0.573 e. The van der Waals surface area contributed by atoms with Crippen LogP contribution in [0.25, 0.3) is 0 Å². The first-order valence-corrected chi connectivity index (χ1v) is 11.9. The third kappa shape index (κ3) is 8.77. The summed E-state index contributed by atoms with van der Waals surface area (Å²) in [6.07, 6.45) is -0.390. The molecule has 11 nitrogen and oxygen atoms in total. The molecule has 1 saturated carbocycles. The maximum absolute atomic E-state index is 12.7. The number of nitrogens with two attached hydrogens (primary N) is 2. The number of anilines is 2. The van der Waals surface area contributed by atoms with Crippen molar-refractivity contribution in [2.24, 2.45) is 17.4 Å². The Hall–Kier alpha value is -4.12. The predicted octanol–water partition coefficient (Wildman–Crippen LogP) is 2.10. The number of primary amides is 2. The van der Waals surface area contributed by atoms with E-state index < -0.39 is 18.2 Å². The van der Waals surface area contributed by atoms with E-state index in [1.54, 1.807) is 11.0 Å². The molecule has 0 saturated heterocycles. The fourth-order valence-corrected chi connectivity index (χ4v) is 4.40. The van der Waals surface area contributed by atoms with E-state index in [0.717, 1.165) is 25.7 Å². The third-order valence-corrected chi connectivity index (χ3v) is 6.15. The Labute approximate surface area is 217 Å². The SMILES string of the molecule is N#Cc1cnc(NCc2ccccc2OC(F)(F)F)nc1NCC1CCC(N(CC(N)=O)CC(N)=O)CC1. The molecule has 2 aromatic rings. The number of rotatable bonds is 12. The van der Waals surface area contributed by atoms with Crippen molar-refractivity contribution >= 4 is 23.6 Å². The maximum atomic E-state index is 12.7. The zero-order valence-corrected chi connectivity index (χ0v) is 20.5. The predicted molar refractivity (Wildman–Crippen MR) is 131 cm³/mol. The van der Waals surface area contributed by atoms with Crippen molar-refractivity contribution in [1.29, 1.82) is 5.26 Å². The highest BCUT2D eigenvalue weighted by Gasteiger charge is 2.32. The standard InChI is InChI=1S/C24H29F3N8O3/c25-24(26,27)38-19-4-2-1-3-16(19)11-32-23-33-12-17(9-28)22(34-23)31-10-15-5-7-18(8-6-15)35(13-20(29)36)14-21(30)37/h1-4,12,15,18H,5-8,10-11,13-14H2,(H2,29,36)(H2,30,37)(H2,31,32,33,34). The van der Waals surface area contributed by atoms with Gasteiger partial charge in [-0.25, -0.2) is 4.98 Å². The monoisotopic (exact) mass is 534 g/mol. The highest BCUT2D eigenvalue weighted by Crippen LogP contribution is 2.29. The lowest BCUT2D eigenvalue weighted by Gasteiger charge is -2.35. The Morgan fingerprint density at radius 2 is 1.76 bits per heavy atom. The molecule has 1 fully saturated rings. The zero-order valence-electron chi connectivity index (χ0n) is 20.5. The summed E-state index contributed by atoms with van der Waals surface area (Å²) in [6, 6.07) is 7.76. The second-order valence-electron chi connectivity index (χ2n) is 8.97. The van der Waals surface area contributed by atoms with E-state index in [-0.39, 0.29) is 54.4 Å². The second kappa shape index (κ2) is 12.9. The molecule has 14 heteroatoms. The Balaban J connectivity index is 1.58. The maximum Gasteiger partial charge on any atom is 0.573 e. The second-order valence-corrected chi connectivity index (χ2v) is 8.97. The number of aromatic nitrogens is 2. The van der Waals surface area contributed by atoms with E-state index in [0.29, 0.717) is 12.4 Å². The number of halogens is 3. The van der Waals surface area contributed by atoms with Crippen LogP contribution in [0.4, 0.5) is 24.9 Å². The molecular formula is C24H29F3N8O3. The fourth-order valence-electron chi connectivity index (χ4n) is 4.40. The number of ether oxygens (including phenoxy) is 1. The van der Waals surface area contributed by atoms with Crippen LogP contribution in [-0.4, -0.2) is 58.7 Å². The summed E-state index contributed by atoms with van der Waals surface area (Å²) < 4.78 is 42.1. The number of para-hydroxylation sites is 1. The van der Waals surface area contributed by atoms with Crippen molar-refractivity contribution < 1.29 is 27.5 Å². The fraction of sp³-hybridized carbons (Fsp3) is 0.458. The number of hydrogen-bond acceptors (Lipinski definition) is 9.